The molecule has 1 atom stereocenters. The number of carbonyl (C=O) groups excluding carboxylic acids is 1. The van der Waals surface area contributed by atoms with Gasteiger partial charge in [-0.25, -0.2) is 4.79 Å². The van der Waals surface area contributed by atoms with E-state index in [0.717, 1.165) is 22.6 Å². The van der Waals surface area contributed by atoms with Crippen LogP contribution in [0.2, 0.25) is 5.02 Å². The lowest BCUT2D eigenvalue weighted by molar-refractivity contribution is 0.0110. The fourth-order valence-electron chi connectivity index (χ4n) is 2.60. The first-order valence-electron chi connectivity index (χ1n) is 7.84. The van der Waals surface area contributed by atoms with Crippen molar-refractivity contribution in [2.75, 3.05) is 26.2 Å². The molecule has 1 saturated heterocycles. The Balaban J connectivity index is 1.93. The van der Waals surface area contributed by atoms with Crippen molar-refractivity contribution in [1.82, 2.24) is 9.80 Å². The van der Waals surface area contributed by atoms with Crippen LogP contribution in [-0.4, -0.2) is 47.7 Å². The van der Waals surface area contributed by atoms with Gasteiger partial charge in [-0.05, 0) is 61.3 Å². The van der Waals surface area contributed by atoms with Gasteiger partial charge in [0, 0.05) is 36.7 Å². The number of rotatable bonds is 2. The van der Waals surface area contributed by atoms with Crippen molar-refractivity contribution < 1.29 is 9.53 Å². The molecule has 4 nitrogen and oxygen atoms in total. The van der Waals surface area contributed by atoms with E-state index in [-0.39, 0.29) is 12.1 Å². The van der Waals surface area contributed by atoms with E-state index >= 15 is 0 Å². The van der Waals surface area contributed by atoms with E-state index in [0.29, 0.717) is 13.1 Å². The van der Waals surface area contributed by atoms with Crippen molar-refractivity contribution in [2.45, 2.75) is 39.3 Å². The molecular weight excluding hydrogens is 380 g/mol. The van der Waals surface area contributed by atoms with Crippen LogP contribution in [0.3, 0.4) is 0 Å². The minimum atomic E-state index is -0.447. The number of piperazine rings is 1. The summed E-state index contributed by atoms with van der Waals surface area (Å²) in [5.41, 5.74) is 0.767. The molecule has 0 saturated carbocycles. The maximum absolute atomic E-state index is 12.1. The molecule has 0 spiro atoms. The van der Waals surface area contributed by atoms with Crippen molar-refractivity contribution in [3.05, 3.63) is 33.3 Å². The van der Waals surface area contributed by atoms with Gasteiger partial charge in [-0.2, -0.15) is 0 Å². The summed E-state index contributed by atoms with van der Waals surface area (Å²) in [6.45, 7) is 10.9. The van der Waals surface area contributed by atoms with E-state index < -0.39 is 5.60 Å². The van der Waals surface area contributed by atoms with E-state index in [4.69, 9.17) is 16.3 Å². The normalized spacial score (nSPS) is 17.9. The summed E-state index contributed by atoms with van der Waals surface area (Å²) in [7, 11) is 0. The van der Waals surface area contributed by atoms with Gasteiger partial charge in [-0.1, -0.05) is 17.7 Å². The number of ether oxygens (including phenoxy) is 1. The van der Waals surface area contributed by atoms with Crippen LogP contribution in [0.4, 0.5) is 4.79 Å². The number of benzene rings is 1. The highest BCUT2D eigenvalue weighted by Gasteiger charge is 2.28. The third kappa shape index (κ3) is 5.10. The lowest BCUT2D eigenvalue weighted by Crippen LogP contribution is -2.50. The molecule has 0 aliphatic carbocycles. The molecule has 1 aliphatic rings. The minimum absolute atomic E-state index is 0.223. The Kier molecular flexibility index (Phi) is 5.98. The lowest BCUT2D eigenvalue weighted by Gasteiger charge is -2.38. The summed E-state index contributed by atoms with van der Waals surface area (Å²) in [6, 6.07) is 6.31. The summed E-state index contributed by atoms with van der Waals surface area (Å²) in [5, 5.41) is 0.718. The maximum Gasteiger partial charge on any atom is 0.410 e. The molecule has 0 bridgehead atoms. The zero-order chi connectivity index (χ0) is 17.2. The van der Waals surface area contributed by atoms with E-state index in [1.165, 1.54) is 5.56 Å². The van der Waals surface area contributed by atoms with Crippen LogP contribution < -0.4 is 0 Å². The Labute approximate surface area is 151 Å². The highest BCUT2D eigenvalue weighted by atomic mass is 79.9. The van der Waals surface area contributed by atoms with E-state index in [1.807, 2.05) is 26.8 Å². The van der Waals surface area contributed by atoms with Crippen LogP contribution in [0.5, 0.6) is 0 Å². The van der Waals surface area contributed by atoms with Crippen molar-refractivity contribution >= 4 is 33.6 Å². The fraction of sp³-hybridized carbons (Fsp3) is 0.588. The molecule has 128 valence electrons. The van der Waals surface area contributed by atoms with Crippen molar-refractivity contribution in [3.63, 3.8) is 0 Å². The Bertz CT molecular complexity index is 566. The van der Waals surface area contributed by atoms with Gasteiger partial charge in [0.25, 0.3) is 0 Å². The molecule has 0 radical (unpaired) electrons. The molecule has 6 heteroatoms. The van der Waals surface area contributed by atoms with Gasteiger partial charge in [-0.3, -0.25) is 4.90 Å². The summed E-state index contributed by atoms with van der Waals surface area (Å²) in [5.74, 6) is 0. The second-order valence-corrected chi connectivity index (χ2v) is 8.11. The molecule has 1 unspecified atom stereocenters. The Morgan fingerprint density at radius 1 is 1.26 bits per heavy atom. The monoisotopic (exact) mass is 402 g/mol. The number of hydrogen-bond acceptors (Lipinski definition) is 3. The fourth-order valence-corrected chi connectivity index (χ4v) is 3.12. The van der Waals surface area contributed by atoms with Crippen molar-refractivity contribution in [1.29, 1.82) is 0 Å². The van der Waals surface area contributed by atoms with Gasteiger partial charge < -0.3 is 9.64 Å². The molecular formula is C17H24BrClN2O2. The van der Waals surface area contributed by atoms with Gasteiger partial charge in [0.15, 0.2) is 0 Å². The topological polar surface area (TPSA) is 32.8 Å². The zero-order valence-electron chi connectivity index (χ0n) is 14.1. The van der Waals surface area contributed by atoms with Gasteiger partial charge in [0.2, 0.25) is 0 Å². The average molecular weight is 404 g/mol. The lowest BCUT2D eigenvalue weighted by atomic mass is 10.1. The Morgan fingerprint density at radius 2 is 1.87 bits per heavy atom. The molecule has 1 aromatic carbocycles. The Morgan fingerprint density at radius 3 is 2.39 bits per heavy atom. The van der Waals surface area contributed by atoms with E-state index in [1.54, 1.807) is 4.90 Å². The van der Waals surface area contributed by atoms with Crippen LogP contribution in [0.25, 0.3) is 0 Å². The largest absolute Gasteiger partial charge is 0.444 e. The molecule has 0 N–H and O–H groups in total. The predicted octanol–water partition coefficient (Wildman–Crippen LogP) is 4.72. The van der Waals surface area contributed by atoms with E-state index in [9.17, 15) is 4.79 Å². The molecule has 1 heterocycles. The second kappa shape index (κ2) is 7.41. The first-order valence-corrected chi connectivity index (χ1v) is 9.01. The molecule has 1 amide bonds. The smallest absolute Gasteiger partial charge is 0.410 e. The molecule has 0 aromatic heterocycles. The summed E-state index contributed by atoms with van der Waals surface area (Å²) in [4.78, 5) is 16.3. The number of amides is 1. The highest BCUT2D eigenvalue weighted by Crippen LogP contribution is 2.29. The number of hydrogen-bond donors (Lipinski definition) is 0. The predicted molar refractivity (Wildman–Crippen MR) is 96.9 cm³/mol. The van der Waals surface area contributed by atoms with E-state index in [2.05, 4.69) is 39.9 Å². The van der Waals surface area contributed by atoms with Crippen molar-refractivity contribution in [2.24, 2.45) is 0 Å². The number of nitrogens with zero attached hydrogens (tertiary/aromatic N) is 2. The van der Waals surface area contributed by atoms with Gasteiger partial charge in [-0.15, -0.1) is 0 Å². The minimum Gasteiger partial charge on any atom is -0.444 e. The first kappa shape index (κ1) is 18.6. The summed E-state index contributed by atoms with van der Waals surface area (Å²) < 4.78 is 6.35. The van der Waals surface area contributed by atoms with Gasteiger partial charge in [0.1, 0.15) is 5.60 Å². The zero-order valence-corrected chi connectivity index (χ0v) is 16.4. The maximum atomic E-state index is 12.1. The van der Waals surface area contributed by atoms with Crippen LogP contribution in [-0.2, 0) is 4.74 Å². The molecule has 1 fully saturated rings. The third-order valence-electron chi connectivity index (χ3n) is 3.94. The molecule has 1 aromatic rings. The highest BCUT2D eigenvalue weighted by molar-refractivity contribution is 9.10. The molecule has 2 rings (SSSR count). The Hall–Kier alpha value is -0.780. The van der Waals surface area contributed by atoms with Crippen LogP contribution >= 0.6 is 27.5 Å². The van der Waals surface area contributed by atoms with Gasteiger partial charge in [0.05, 0.1) is 5.02 Å². The average Bonchev–Trinajstić information content (AvgIpc) is 2.48. The molecule has 23 heavy (non-hydrogen) atoms. The summed E-state index contributed by atoms with van der Waals surface area (Å²) >= 11 is 9.53. The third-order valence-corrected chi connectivity index (χ3v) is 5.15. The van der Waals surface area contributed by atoms with Crippen LogP contribution in [0.15, 0.2) is 22.7 Å². The second-order valence-electron chi connectivity index (χ2n) is 6.85. The molecule has 1 aliphatic heterocycles. The van der Waals surface area contributed by atoms with Crippen molar-refractivity contribution in [3.8, 4) is 0 Å². The van der Waals surface area contributed by atoms with Crippen LogP contribution in [0, 0.1) is 0 Å². The quantitative estimate of drug-likeness (QED) is 0.716. The van der Waals surface area contributed by atoms with Gasteiger partial charge >= 0.3 is 6.09 Å². The first-order chi connectivity index (χ1) is 10.7. The SMILES string of the molecule is CC(c1ccc(Cl)c(Br)c1)N1CCN(C(=O)OC(C)(C)C)CC1. The van der Waals surface area contributed by atoms with Crippen LogP contribution in [0.1, 0.15) is 39.3 Å². The standard InChI is InChI=1S/C17H24BrClN2O2/c1-12(13-5-6-15(19)14(18)11-13)20-7-9-21(10-8-20)16(22)23-17(2,3)4/h5-6,11-12H,7-10H2,1-4H3. The number of halogens is 2. The summed E-state index contributed by atoms with van der Waals surface area (Å²) in [6.07, 6.45) is -0.223. The number of carbonyl (C=O) groups is 1.